The van der Waals surface area contributed by atoms with Gasteiger partial charge in [-0.1, -0.05) is 25.1 Å². The van der Waals surface area contributed by atoms with Gasteiger partial charge in [-0.2, -0.15) is 0 Å². The molecule has 2 aromatic rings. The molecular formula is C15H19NO2. The zero-order valence-corrected chi connectivity index (χ0v) is 10.9. The van der Waals surface area contributed by atoms with Crippen molar-refractivity contribution in [1.82, 2.24) is 5.32 Å². The molecule has 0 spiro atoms. The summed E-state index contributed by atoms with van der Waals surface area (Å²) >= 11 is 0. The van der Waals surface area contributed by atoms with Gasteiger partial charge in [0, 0.05) is 17.5 Å². The van der Waals surface area contributed by atoms with Crippen molar-refractivity contribution >= 4 is 11.0 Å². The van der Waals surface area contributed by atoms with E-state index in [4.69, 9.17) is 9.15 Å². The smallest absolute Gasteiger partial charge is 0.135 e. The second-order valence-corrected chi connectivity index (χ2v) is 5.28. The predicted molar refractivity (Wildman–Crippen MR) is 71.6 cm³/mol. The van der Waals surface area contributed by atoms with Crippen LogP contribution >= 0.6 is 0 Å². The molecule has 0 aliphatic carbocycles. The van der Waals surface area contributed by atoms with Gasteiger partial charge in [0.2, 0.25) is 0 Å². The molecule has 0 saturated carbocycles. The van der Waals surface area contributed by atoms with Crippen molar-refractivity contribution in [2.24, 2.45) is 0 Å². The summed E-state index contributed by atoms with van der Waals surface area (Å²) in [5.74, 6) is 0.918. The van der Waals surface area contributed by atoms with Crippen LogP contribution in [0.4, 0.5) is 0 Å². The minimum atomic E-state index is 0.0250. The summed E-state index contributed by atoms with van der Waals surface area (Å²) in [4.78, 5) is 0. The van der Waals surface area contributed by atoms with Gasteiger partial charge in [-0.05, 0) is 25.5 Å². The second kappa shape index (κ2) is 4.41. The van der Waals surface area contributed by atoms with Gasteiger partial charge in [-0.3, -0.25) is 0 Å². The number of ether oxygens (including phenoxy) is 1. The first-order valence-corrected chi connectivity index (χ1v) is 6.55. The largest absolute Gasteiger partial charge is 0.458 e. The number of fused-ring (bicyclic) bond motifs is 1. The molecule has 0 bridgehead atoms. The Morgan fingerprint density at radius 1 is 1.39 bits per heavy atom. The van der Waals surface area contributed by atoms with E-state index in [9.17, 15) is 0 Å². The zero-order chi connectivity index (χ0) is 12.6. The van der Waals surface area contributed by atoms with Gasteiger partial charge in [-0.15, -0.1) is 0 Å². The average Bonchev–Trinajstić information content (AvgIpc) is 2.83. The number of nitrogens with one attached hydrogen (secondary N) is 1. The van der Waals surface area contributed by atoms with Crippen molar-refractivity contribution in [2.45, 2.75) is 31.9 Å². The summed E-state index contributed by atoms with van der Waals surface area (Å²) in [7, 11) is 0. The summed E-state index contributed by atoms with van der Waals surface area (Å²) in [5, 5.41) is 4.69. The molecule has 3 nitrogen and oxygen atoms in total. The molecule has 1 fully saturated rings. The highest BCUT2D eigenvalue weighted by Crippen LogP contribution is 2.29. The number of hydrogen-bond donors (Lipinski definition) is 1. The van der Waals surface area contributed by atoms with Crippen molar-refractivity contribution in [3.05, 3.63) is 36.1 Å². The van der Waals surface area contributed by atoms with Gasteiger partial charge in [-0.25, -0.2) is 0 Å². The van der Waals surface area contributed by atoms with Crippen molar-refractivity contribution in [2.75, 3.05) is 13.2 Å². The van der Waals surface area contributed by atoms with E-state index in [1.165, 1.54) is 0 Å². The lowest BCUT2D eigenvalue weighted by Crippen LogP contribution is -2.52. The topological polar surface area (TPSA) is 34.4 Å². The normalized spacial score (nSPS) is 28.7. The van der Waals surface area contributed by atoms with Gasteiger partial charge < -0.3 is 14.5 Å². The summed E-state index contributed by atoms with van der Waals surface area (Å²) in [5.41, 5.74) is 1.03. The summed E-state index contributed by atoms with van der Waals surface area (Å²) in [6.07, 6.45) is 1.09. The lowest BCUT2D eigenvalue weighted by atomic mass is 9.98. The highest BCUT2D eigenvalue weighted by atomic mass is 16.5. The highest BCUT2D eigenvalue weighted by Gasteiger charge is 2.31. The van der Waals surface area contributed by atoms with Crippen LogP contribution in [0.1, 0.15) is 32.1 Å². The first-order chi connectivity index (χ1) is 8.70. The van der Waals surface area contributed by atoms with Crippen LogP contribution in [0.15, 0.2) is 34.7 Å². The van der Waals surface area contributed by atoms with Crippen molar-refractivity contribution in [3.63, 3.8) is 0 Å². The quantitative estimate of drug-likeness (QED) is 0.881. The fourth-order valence-corrected chi connectivity index (χ4v) is 2.30. The maximum atomic E-state index is 5.94. The molecule has 96 valence electrons. The standard InChI is InChI=1S/C15H19NO2/c1-3-15(2)10-17-14(9-16-15)13-8-11-6-4-5-7-12(11)18-13/h4-8,14,16H,3,9-10H2,1-2H3. The minimum Gasteiger partial charge on any atom is -0.458 e. The third-order valence-electron chi connectivity index (χ3n) is 3.86. The Kier molecular flexibility index (Phi) is 2.88. The monoisotopic (exact) mass is 245 g/mol. The third-order valence-corrected chi connectivity index (χ3v) is 3.86. The van der Waals surface area contributed by atoms with E-state index in [0.717, 1.165) is 36.3 Å². The Hall–Kier alpha value is -1.32. The minimum absolute atomic E-state index is 0.0250. The van der Waals surface area contributed by atoms with Crippen LogP contribution < -0.4 is 5.32 Å². The lowest BCUT2D eigenvalue weighted by Gasteiger charge is -2.37. The second-order valence-electron chi connectivity index (χ2n) is 5.28. The van der Waals surface area contributed by atoms with Gasteiger partial charge in [0.05, 0.1) is 6.61 Å². The summed E-state index contributed by atoms with van der Waals surface area (Å²) in [6.45, 7) is 5.91. The molecular weight excluding hydrogens is 226 g/mol. The van der Waals surface area contributed by atoms with E-state index in [0.29, 0.717) is 0 Å². The van der Waals surface area contributed by atoms with Gasteiger partial charge in [0.25, 0.3) is 0 Å². The fourth-order valence-electron chi connectivity index (χ4n) is 2.30. The molecule has 18 heavy (non-hydrogen) atoms. The number of furan rings is 1. The Balaban J connectivity index is 1.80. The number of morpholine rings is 1. The maximum Gasteiger partial charge on any atom is 0.135 e. The first-order valence-electron chi connectivity index (χ1n) is 6.55. The molecule has 1 aromatic heterocycles. The van der Waals surface area contributed by atoms with Crippen LogP contribution in [0, 0.1) is 0 Å². The predicted octanol–water partition coefficient (Wildman–Crippen LogP) is 3.26. The molecule has 3 rings (SSSR count). The van der Waals surface area contributed by atoms with Crippen LogP contribution in [-0.4, -0.2) is 18.7 Å². The van der Waals surface area contributed by atoms with Crippen LogP contribution in [0.3, 0.4) is 0 Å². The van der Waals surface area contributed by atoms with Crippen LogP contribution in [0.2, 0.25) is 0 Å². The Morgan fingerprint density at radius 3 is 2.89 bits per heavy atom. The van der Waals surface area contributed by atoms with E-state index >= 15 is 0 Å². The lowest BCUT2D eigenvalue weighted by molar-refractivity contribution is -0.0388. The molecule has 1 saturated heterocycles. The van der Waals surface area contributed by atoms with Crippen LogP contribution in [-0.2, 0) is 4.74 Å². The Labute approximate surface area is 107 Å². The van der Waals surface area contributed by atoms with E-state index in [2.05, 4.69) is 31.3 Å². The fraction of sp³-hybridized carbons (Fsp3) is 0.467. The number of hydrogen-bond acceptors (Lipinski definition) is 3. The molecule has 2 atom stereocenters. The Morgan fingerprint density at radius 2 is 2.22 bits per heavy atom. The van der Waals surface area contributed by atoms with E-state index < -0.39 is 0 Å². The van der Waals surface area contributed by atoms with Gasteiger partial charge in [0.1, 0.15) is 17.4 Å². The SMILES string of the molecule is CCC1(C)COC(c2cc3ccccc3o2)CN1. The van der Waals surface area contributed by atoms with Crippen LogP contribution in [0.5, 0.6) is 0 Å². The molecule has 2 unspecified atom stereocenters. The summed E-state index contributed by atoms with van der Waals surface area (Å²) < 4.78 is 11.8. The number of benzene rings is 1. The molecule has 0 radical (unpaired) electrons. The molecule has 0 amide bonds. The maximum absolute atomic E-state index is 5.94. The Bertz CT molecular complexity index is 505. The van der Waals surface area contributed by atoms with E-state index in [-0.39, 0.29) is 11.6 Å². The molecule has 3 heteroatoms. The molecule has 1 aliphatic rings. The highest BCUT2D eigenvalue weighted by molar-refractivity contribution is 5.77. The number of rotatable bonds is 2. The molecule has 1 aromatic carbocycles. The number of para-hydroxylation sites is 1. The van der Waals surface area contributed by atoms with E-state index in [1.54, 1.807) is 0 Å². The van der Waals surface area contributed by atoms with Gasteiger partial charge in [0.15, 0.2) is 0 Å². The van der Waals surface area contributed by atoms with E-state index in [1.807, 2.05) is 18.2 Å². The van der Waals surface area contributed by atoms with Crippen molar-refractivity contribution < 1.29 is 9.15 Å². The summed E-state index contributed by atoms with van der Waals surface area (Å²) in [6, 6.07) is 10.1. The van der Waals surface area contributed by atoms with Crippen molar-refractivity contribution in [3.8, 4) is 0 Å². The van der Waals surface area contributed by atoms with Crippen molar-refractivity contribution in [1.29, 1.82) is 0 Å². The van der Waals surface area contributed by atoms with Crippen LogP contribution in [0.25, 0.3) is 11.0 Å². The average molecular weight is 245 g/mol. The molecule has 2 heterocycles. The first kappa shape index (κ1) is 11.8. The zero-order valence-electron chi connectivity index (χ0n) is 10.9. The molecule has 1 aliphatic heterocycles. The molecule has 1 N–H and O–H groups in total. The third kappa shape index (κ3) is 2.04. The van der Waals surface area contributed by atoms with Gasteiger partial charge >= 0.3 is 0 Å².